The first kappa shape index (κ1) is 13.3. The summed E-state index contributed by atoms with van der Waals surface area (Å²) in [6, 6.07) is 0. The van der Waals surface area contributed by atoms with E-state index < -0.39 is 10.0 Å². The lowest BCUT2D eigenvalue weighted by molar-refractivity contribution is 0.345. The zero-order chi connectivity index (χ0) is 12.1. The fourth-order valence-electron chi connectivity index (χ4n) is 2.54. The normalized spacial score (nSPS) is 24.9. The lowest BCUT2D eigenvalue weighted by Gasteiger charge is -2.28. The lowest BCUT2D eigenvalue weighted by atomic mass is 9.96. The van der Waals surface area contributed by atoms with Gasteiger partial charge in [0.25, 0.3) is 0 Å². The van der Waals surface area contributed by atoms with Gasteiger partial charge in [-0.1, -0.05) is 0 Å². The molecule has 0 atom stereocenters. The third kappa shape index (κ3) is 3.91. The van der Waals surface area contributed by atoms with Gasteiger partial charge in [0.15, 0.2) is 0 Å². The van der Waals surface area contributed by atoms with E-state index >= 15 is 0 Å². The quantitative estimate of drug-likeness (QED) is 0.724. The molecule has 100 valence electrons. The fraction of sp³-hybridized carbons (Fsp3) is 1.00. The van der Waals surface area contributed by atoms with Gasteiger partial charge in [-0.25, -0.2) is 8.42 Å². The molecule has 2 rings (SSSR count). The Kier molecular flexibility index (Phi) is 4.78. The average molecular weight is 261 g/mol. The Morgan fingerprint density at radius 1 is 1.00 bits per heavy atom. The molecule has 6 heteroatoms. The summed E-state index contributed by atoms with van der Waals surface area (Å²) >= 11 is 0. The fourth-order valence-corrected chi connectivity index (χ4v) is 4.17. The Morgan fingerprint density at radius 2 is 1.59 bits per heavy atom. The van der Waals surface area contributed by atoms with Crippen molar-refractivity contribution < 1.29 is 8.42 Å². The molecule has 0 aromatic rings. The molecule has 2 saturated heterocycles. The molecule has 0 bridgehead atoms. The van der Waals surface area contributed by atoms with Crippen LogP contribution in [0.25, 0.3) is 0 Å². The van der Waals surface area contributed by atoms with E-state index in [4.69, 9.17) is 0 Å². The SMILES string of the molecule is O=S(=O)(CCC1CCNCC1)N1CCNCC1. The second-order valence-corrected chi connectivity index (χ2v) is 7.04. The Hall–Kier alpha value is -0.170. The first-order chi connectivity index (χ1) is 8.18. The maximum Gasteiger partial charge on any atom is 0.214 e. The van der Waals surface area contributed by atoms with Crippen LogP contribution >= 0.6 is 0 Å². The minimum Gasteiger partial charge on any atom is -0.317 e. The Morgan fingerprint density at radius 3 is 2.24 bits per heavy atom. The van der Waals surface area contributed by atoms with Crippen LogP contribution in [-0.4, -0.2) is 57.7 Å². The van der Waals surface area contributed by atoms with E-state index in [9.17, 15) is 8.42 Å². The first-order valence-corrected chi connectivity index (χ1v) is 8.19. The number of piperidine rings is 1. The van der Waals surface area contributed by atoms with Crippen LogP contribution in [0.2, 0.25) is 0 Å². The van der Waals surface area contributed by atoms with Gasteiger partial charge in [0, 0.05) is 26.2 Å². The lowest BCUT2D eigenvalue weighted by Crippen LogP contribution is -2.47. The van der Waals surface area contributed by atoms with Crippen LogP contribution in [0.3, 0.4) is 0 Å². The Balaban J connectivity index is 1.79. The smallest absolute Gasteiger partial charge is 0.214 e. The summed E-state index contributed by atoms with van der Waals surface area (Å²) in [5.41, 5.74) is 0. The number of sulfonamides is 1. The second-order valence-electron chi connectivity index (χ2n) is 4.95. The van der Waals surface area contributed by atoms with Gasteiger partial charge < -0.3 is 10.6 Å². The van der Waals surface area contributed by atoms with Crippen LogP contribution in [0.15, 0.2) is 0 Å². The van der Waals surface area contributed by atoms with E-state index in [1.54, 1.807) is 4.31 Å². The van der Waals surface area contributed by atoms with Crippen molar-refractivity contribution in [3.05, 3.63) is 0 Å². The Bertz CT molecular complexity index is 320. The van der Waals surface area contributed by atoms with Crippen molar-refractivity contribution in [1.29, 1.82) is 0 Å². The minimum atomic E-state index is -3.01. The molecule has 2 heterocycles. The number of hydrogen-bond donors (Lipinski definition) is 2. The topological polar surface area (TPSA) is 61.4 Å². The maximum absolute atomic E-state index is 12.1. The molecule has 0 saturated carbocycles. The molecule has 0 aromatic heterocycles. The van der Waals surface area contributed by atoms with Crippen LogP contribution in [0.1, 0.15) is 19.3 Å². The molecule has 0 aliphatic carbocycles. The monoisotopic (exact) mass is 261 g/mol. The summed E-state index contributed by atoms with van der Waals surface area (Å²) < 4.78 is 25.9. The molecular weight excluding hydrogens is 238 g/mol. The van der Waals surface area contributed by atoms with Crippen molar-refractivity contribution in [3.8, 4) is 0 Å². The summed E-state index contributed by atoms with van der Waals surface area (Å²) in [6.45, 7) is 4.92. The molecule has 2 N–H and O–H groups in total. The molecule has 0 spiro atoms. The summed E-state index contributed by atoms with van der Waals surface area (Å²) in [7, 11) is -3.01. The van der Waals surface area contributed by atoms with Crippen LogP contribution < -0.4 is 10.6 Å². The van der Waals surface area contributed by atoms with Crippen LogP contribution in [0.4, 0.5) is 0 Å². The van der Waals surface area contributed by atoms with Gasteiger partial charge in [-0.2, -0.15) is 4.31 Å². The molecule has 17 heavy (non-hydrogen) atoms. The van der Waals surface area contributed by atoms with Crippen LogP contribution in [0.5, 0.6) is 0 Å². The van der Waals surface area contributed by atoms with E-state index in [1.807, 2.05) is 0 Å². The number of rotatable bonds is 4. The highest BCUT2D eigenvalue weighted by Crippen LogP contribution is 2.18. The summed E-state index contributed by atoms with van der Waals surface area (Å²) in [4.78, 5) is 0. The van der Waals surface area contributed by atoms with E-state index in [2.05, 4.69) is 10.6 Å². The van der Waals surface area contributed by atoms with Crippen molar-refractivity contribution in [2.75, 3.05) is 45.0 Å². The van der Waals surface area contributed by atoms with Gasteiger partial charge in [-0.15, -0.1) is 0 Å². The van der Waals surface area contributed by atoms with E-state index in [0.29, 0.717) is 24.8 Å². The number of nitrogens with zero attached hydrogens (tertiary/aromatic N) is 1. The third-order valence-corrected chi connectivity index (χ3v) is 5.62. The van der Waals surface area contributed by atoms with Gasteiger partial charge in [0.05, 0.1) is 5.75 Å². The summed E-state index contributed by atoms with van der Waals surface area (Å²) in [5.74, 6) is 0.923. The molecule has 2 fully saturated rings. The van der Waals surface area contributed by atoms with Crippen LogP contribution in [-0.2, 0) is 10.0 Å². The molecule has 2 aliphatic rings. The van der Waals surface area contributed by atoms with Crippen molar-refractivity contribution >= 4 is 10.0 Å². The third-order valence-electron chi connectivity index (χ3n) is 3.71. The van der Waals surface area contributed by atoms with E-state index in [-0.39, 0.29) is 0 Å². The Labute approximate surface area is 104 Å². The predicted molar refractivity (Wildman–Crippen MR) is 68.4 cm³/mol. The van der Waals surface area contributed by atoms with Gasteiger partial charge >= 0.3 is 0 Å². The molecule has 0 radical (unpaired) electrons. The van der Waals surface area contributed by atoms with Crippen molar-refractivity contribution in [1.82, 2.24) is 14.9 Å². The van der Waals surface area contributed by atoms with Gasteiger partial charge in [-0.05, 0) is 38.3 Å². The molecule has 2 aliphatic heterocycles. The first-order valence-electron chi connectivity index (χ1n) is 6.58. The summed E-state index contributed by atoms with van der Waals surface area (Å²) in [5, 5.41) is 6.49. The van der Waals surface area contributed by atoms with Crippen molar-refractivity contribution in [3.63, 3.8) is 0 Å². The largest absolute Gasteiger partial charge is 0.317 e. The minimum absolute atomic E-state index is 0.331. The molecule has 0 aromatic carbocycles. The van der Waals surface area contributed by atoms with E-state index in [0.717, 1.165) is 45.4 Å². The molecule has 0 unspecified atom stereocenters. The van der Waals surface area contributed by atoms with Crippen LogP contribution in [0, 0.1) is 5.92 Å². The maximum atomic E-state index is 12.1. The highest BCUT2D eigenvalue weighted by Gasteiger charge is 2.25. The number of nitrogens with one attached hydrogen (secondary N) is 2. The highest BCUT2D eigenvalue weighted by molar-refractivity contribution is 7.89. The number of piperazine rings is 1. The molecule has 0 amide bonds. The van der Waals surface area contributed by atoms with Crippen molar-refractivity contribution in [2.45, 2.75) is 19.3 Å². The summed E-state index contributed by atoms with van der Waals surface area (Å²) in [6.07, 6.45) is 3.07. The molecule has 5 nitrogen and oxygen atoms in total. The molecular formula is C11H23N3O2S. The zero-order valence-electron chi connectivity index (χ0n) is 10.3. The highest BCUT2D eigenvalue weighted by atomic mass is 32.2. The second kappa shape index (κ2) is 6.13. The van der Waals surface area contributed by atoms with Crippen molar-refractivity contribution in [2.24, 2.45) is 5.92 Å². The van der Waals surface area contributed by atoms with E-state index in [1.165, 1.54) is 0 Å². The average Bonchev–Trinajstić information content (AvgIpc) is 2.39. The number of hydrogen-bond acceptors (Lipinski definition) is 4. The predicted octanol–water partition coefficient (Wildman–Crippen LogP) is -0.389. The van der Waals surface area contributed by atoms with Gasteiger partial charge in [-0.3, -0.25) is 0 Å². The standard InChI is InChI=1S/C11H23N3O2S/c15-17(16,14-8-6-13-7-9-14)10-3-11-1-4-12-5-2-11/h11-13H,1-10H2. The zero-order valence-corrected chi connectivity index (χ0v) is 11.1. The van der Waals surface area contributed by atoms with Gasteiger partial charge in [0.1, 0.15) is 0 Å². The van der Waals surface area contributed by atoms with Gasteiger partial charge in [0.2, 0.25) is 10.0 Å².